The third kappa shape index (κ3) is 2.88. The van der Waals surface area contributed by atoms with Crippen molar-refractivity contribution in [3.8, 4) is 0 Å². The summed E-state index contributed by atoms with van der Waals surface area (Å²) in [6.07, 6.45) is 4.49. The minimum absolute atomic E-state index is 0.0195. The van der Waals surface area contributed by atoms with Crippen molar-refractivity contribution in [2.75, 3.05) is 4.90 Å². The summed E-state index contributed by atoms with van der Waals surface area (Å²) in [6.45, 7) is 0.536. The fraction of sp³-hybridized carbons (Fsp3) is 0.280. The molecule has 1 aliphatic carbocycles. The second-order valence-electron chi connectivity index (χ2n) is 8.60. The van der Waals surface area contributed by atoms with Gasteiger partial charge in [-0.15, -0.1) is 0 Å². The number of anilines is 1. The zero-order valence-electron chi connectivity index (χ0n) is 17.4. The van der Waals surface area contributed by atoms with Gasteiger partial charge >= 0.3 is 0 Å². The minimum atomic E-state index is -0.389. The predicted octanol–water partition coefficient (Wildman–Crippen LogP) is 5.00. The Morgan fingerprint density at radius 2 is 1.97 bits per heavy atom. The number of carbonyl (C=O) groups excluding carboxylic acids is 1. The van der Waals surface area contributed by atoms with E-state index in [0.29, 0.717) is 19.4 Å². The highest BCUT2D eigenvalue weighted by atomic mass is 16.6. The number of hydrogen-bond acceptors (Lipinski definition) is 6. The Morgan fingerprint density at radius 3 is 2.78 bits per heavy atom. The Labute approximate surface area is 184 Å². The number of aromatic nitrogens is 1. The van der Waals surface area contributed by atoms with Gasteiger partial charge in [0.25, 0.3) is 5.69 Å². The maximum Gasteiger partial charge on any atom is 0.269 e. The van der Waals surface area contributed by atoms with E-state index in [4.69, 9.17) is 4.74 Å². The van der Waals surface area contributed by atoms with Crippen LogP contribution in [0.5, 0.6) is 0 Å². The van der Waals surface area contributed by atoms with Crippen molar-refractivity contribution >= 4 is 28.1 Å². The lowest BCUT2D eigenvalue weighted by Gasteiger charge is -2.47. The van der Waals surface area contributed by atoms with E-state index in [9.17, 15) is 14.9 Å². The molecule has 1 aromatic heterocycles. The third-order valence-electron chi connectivity index (χ3n) is 6.76. The molecule has 0 radical (unpaired) electrons. The lowest BCUT2D eigenvalue weighted by atomic mass is 9.76. The van der Waals surface area contributed by atoms with E-state index in [1.807, 2.05) is 12.1 Å². The lowest BCUT2D eigenvalue weighted by molar-refractivity contribution is -0.384. The number of ether oxygens (including phenoxy) is 1. The fourth-order valence-electron chi connectivity index (χ4n) is 5.32. The van der Waals surface area contributed by atoms with Crippen LogP contribution in [0.4, 0.5) is 11.4 Å². The molecule has 3 heterocycles. The Balaban J connectivity index is 1.50. The highest BCUT2D eigenvalue weighted by molar-refractivity contribution is 6.00. The number of pyridine rings is 1. The quantitative estimate of drug-likeness (QED) is 0.432. The molecule has 3 aliphatic rings. The van der Waals surface area contributed by atoms with Gasteiger partial charge in [0.15, 0.2) is 12.0 Å². The molecule has 7 nitrogen and oxygen atoms in total. The molecule has 2 bridgehead atoms. The molecule has 160 valence electrons. The summed E-state index contributed by atoms with van der Waals surface area (Å²) in [5, 5.41) is 12.1. The first-order valence-corrected chi connectivity index (χ1v) is 10.9. The minimum Gasteiger partial charge on any atom is -0.474 e. The number of hydrogen-bond donors (Lipinski definition) is 0. The van der Waals surface area contributed by atoms with Crippen molar-refractivity contribution in [1.29, 1.82) is 0 Å². The van der Waals surface area contributed by atoms with Crippen LogP contribution in [0.15, 0.2) is 66.1 Å². The monoisotopic (exact) mass is 427 g/mol. The number of fused-ring (bicyclic) bond motifs is 7. The van der Waals surface area contributed by atoms with Crippen molar-refractivity contribution in [1.82, 2.24) is 4.98 Å². The zero-order chi connectivity index (χ0) is 21.8. The molecule has 0 N–H and O–H groups in total. The highest BCUT2D eigenvalue weighted by Gasteiger charge is 2.44. The van der Waals surface area contributed by atoms with Crippen molar-refractivity contribution in [2.24, 2.45) is 0 Å². The van der Waals surface area contributed by atoms with Gasteiger partial charge in [-0.3, -0.25) is 19.9 Å². The highest BCUT2D eigenvalue weighted by Crippen LogP contribution is 2.51. The fourth-order valence-corrected chi connectivity index (χ4v) is 5.32. The lowest BCUT2D eigenvalue weighted by Crippen LogP contribution is -2.46. The smallest absolute Gasteiger partial charge is 0.269 e. The number of Topliss-reactive ketones (excluding diaryl/α,β-unsaturated/α-hetero) is 1. The summed E-state index contributed by atoms with van der Waals surface area (Å²) in [6, 6.07) is 14.8. The maximum atomic E-state index is 12.8. The van der Waals surface area contributed by atoms with Crippen molar-refractivity contribution in [3.05, 3.63) is 87.3 Å². The van der Waals surface area contributed by atoms with Crippen LogP contribution in [0.25, 0.3) is 10.9 Å². The van der Waals surface area contributed by atoms with Crippen molar-refractivity contribution in [3.63, 3.8) is 0 Å². The van der Waals surface area contributed by atoms with Crippen LogP contribution < -0.4 is 4.90 Å². The Kier molecular flexibility index (Phi) is 4.24. The average Bonchev–Trinajstić information content (AvgIpc) is 2.81. The van der Waals surface area contributed by atoms with Crippen LogP contribution >= 0.6 is 0 Å². The summed E-state index contributed by atoms with van der Waals surface area (Å²) in [5.41, 5.74) is 4.87. The first-order chi connectivity index (χ1) is 15.6. The molecule has 0 spiro atoms. The predicted molar refractivity (Wildman–Crippen MR) is 119 cm³/mol. The molecule has 0 fully saturated rings. The molecule has 2 aromatic carbocycles. The number of ketones is 1. The number of nitro benzene ring substituents is 1. The molecule has 0 saturated heterocycles. The molecule has 32 heavy (non-hydrogen) atoms. The number of rotatable bonds is 3. The Hall–Kier alpha value is -3.74. The molecule has 0 saturated carbocycles. The molecule has 7 heteroatoms. The van der Waals surface area contributed by atoms with E-state index in [2.05, 4.69) is 22.0 Å². The molecule has 3 aromatic rings. The van der Waals surface area contributed by atoms with Crippen LogP contribution in [0.2, 0.25) is 0 Å². The SMILES string of the molecule is O=C1CCCC2=C1C1CC(O2)N(Cc2ccc([N+](=O)[O-])cc2)c2c1ccc1cccnc21. The number of allylic oxidation sites excluding steroid dienone is 2. The van der Waals surface area contributed by atoms with Gasteiger partial charge < -0.3 is 9.64 Å². The van der Waals surface area contributed by atoms with Gasteiger partial charge in [0.1, 0.15) is 5.76 Å². The number of non-ortho nitro benzene ring substituents is 1. The Morgan fingerprint density at radius 1 is 1.12 bits per heavy atom. The van der Waals surface area contributed by atoms with E-state index in [1.54, 1.807) is 18.3 Å². The maximum absolute atomic E-state index is 12.8. The average molecular weight is 427 g/mol. The van der Waals surface area contributed by atoms with E-state index >= 15 is 0 Å². The van der Waals surface area contributed by atoms with E-state index in [1.165, 1.54) is 12.1 Å². The van der Waals surface area contributed by atoms with Crippen LogP contribution in [0, 0.1) is 10.1 Å². The molecule has 2 unspecified atom stereocenters. The van der Waals surface area contributed by atoms with Crippen LogP contribution in [-0.2, 0) is 16.1 Å². The molecule has 2 atom stereocenters. The van der Waals surface area contributed by atoms with Gasteiger partial charge in [0.2, 0.25) is 0 Å². The summed E-state index contributed by atoms with van der Waals surface area (Å²) in [5.74, 6) is 1.06. The van der Waals surface area contributed by atoms with E-state index < -0.39 is 0 Å². The topological polar surface area (TPSA) is 85.6 Å². The number of benzene rings is 2. The van der Waals surface area contributed by atoms with Gasteiger partial charge in [-0.1, -0.05) is 30.3 Å². The molecule has 2 aliphatic heterocycles. The van der Waals surface area contributed by atoms with Crippen LogP contribution in [0.3, 0.4) is 0 Å². The Bertz CT molecular complexity index is 1300. The van der Waals surface area contributed by atoms with Crippen LogP contribution in [-0.4, -0.2) is 21.9 Å². The number of nitro groups is 1. The zero-order valence-corrected chi connectivity index (χ0v) is 17.4. The summed E-state index contributed by atoms with van der Waals surface area (Å²) < 4.78 is 6.43. The second-order valence-corrected chi connectivity index (χ2v) is 8.60. The van der Waals surface area contributed by atoms with Gasteiger partial charge in [-0.25, -0.2) is 0 Å². The largest absolute Gasteiger partial charge is 0.474 e. The first kappa shape index (κ1) is 19.0. The molecule has 6 rings (SSSR count). The van der Waals surface area contributed by atoms with Gasteiger partial charge in [0, 0.05) is 61.0 Å². The number of carbonyl (C=O) groups is 1. The molecular formula is C25H21N3O4. The standard InChI is InChI=1S/C25H21N3O4/c29-20-4-1-5-21-23(20)19-13-22(32-21)27(14-15-6-9-17(10-7-15)28(30)31)25-18(19)11-8-16-3-2-12-26-24(16)25/h2-3,6-12,19,22H,1,4-5,13-14H2. The second kappa shape index (κ2) is 7.15. The van der Waals surface area contributed by atoms with Gasteiger partial charge in [-0.2, -0.15) is 0 Å². The summed E-state index contributed by atoms with van der Waals surface area (Å²) in [4.78, 5) is 30.4. The van der Waals surface area contributed by atoms with Crippen molar-refractivity contribution < 1.29 is 14.5 Å². The van der Waals surface area contributed by atoms with E-state index in [0.717, 1.165) is 51.9 Å². The third-order valence-corrected chi connectivity index (χ3v) is 6.76. The summed E-state index contributed by atoms with van der Waals surface area (Å²) in [7, 11) is 0. The molecule has 0 amide bonds. The van der Waals surface area contributed by atoms with Crippen LogP contribution in [0.1, 0.15) is 42.7 Å². The molecular weight excluding hydrogens is 406 g/mol. The van der Waals surface area contributed by atoms with Crippen molar-refractivity contribution in [2.45, 2.75) is 44.4 Å². The summed E-state index contributed by atoms with van der Waals surface area (Å²) >= 11 is 0. The normalized spacial score (nSPS) is 21.8. The number of nitrogens with zero attached hydrogens (tertiary/aromatic N) is 3. The van der Waals surface area contributed by atoms with Gasteiger partial charge in [-0.05, 0) is 23.6 Å². The van der Waals surface area contributed by atoms with Gasteiger partial charge in [0.05, 0.1) is 16.1 Å². The first-order valence-electron chi connectivity index (χ1n) is 10.9. The van der Waals surface area contributed by atoms with E-state index in [-0.39, 0.29) is 28.5 Å².